The molecule has 1 N–H and O–H groups in total. The first-order valence-electron chi connectivity index (χ1n) is 4.02. The van der Waals surface area contributed by atoms with Crippen LogP contribution in [0.3, 0.4) is 0 Å². The number of benzene rings is 1. The summed E-state index contributed by atoms with van der Waals surface area (Å²) in [4.78, 5) is 6.98. The predicted molar refractivity (Wildman–Crippen MR) is 48.7 cm³/mol. The summed E-state index contributed by atoms with van der Waals surface area (Å²) >= 11 is 0. The van der Waals surface area contributed by atoms with E-state index in [-0.39, 0.29) is 5.82 Å². The number of nitrogens with one attached hydrogen (secondary N) is 1. The largest absolute Gasteiger partial charge is 0.345 e. The molecule has 0 amide bonds. The van der Waals surface area contributed by atoms with E-state index in [0.29, 0.717) is 5.82 Å². The van der Waals surface area contributed by atoms with Crippen molar-refractivity contribution < 1.29 is 4.39 Å². The molecule has 13 heavy (non-hydrogen) atoms. The van der Waals surface area contributed by atoms with E-state index in [0.717, 1.165) is 11.1 Å². The SMILES string of the molecule is Cc1cc(F)cc(-c2ncc[nH]2)c1. The van der Waals surface area contributed by atoms with Crippen molar-refractivity contribution in [2.24, 2.45) is 0 Å². The molecule has 2 aromatic rings. The van der Waals surface area contributed by atoms with E-state index in [1.165, 1.54) is 12.1 Å². The van der Waals surface area contributed by atoms with Crippen LogP contribution < -0.4 is 0 Å². The van der Waals surface area contributed by atoms with Crippen LogP contribution in [0, 0.1) is 12.7 Å². The van der Waals surface area contributed by atoms with Crippen molar-refractivity contribution in [3.63, 3.8) is 0 Å². The van der Waals surface area contributed by atoms with Gasteiger partial charge in [0.1, 0.15) is 11.6 Å². The molecule has 0 aliphatic heterocycles. The third-order valence-corrected chi connectivity index (χ3v) is 1.81. The van der Waals surface area contributed by atoms with E-state index in [2.05, 4.69) is 9.97 Å². The third-order valence-electron chi connectivity index (χ3n) is 1.81. The number of hydrogen-bond acceptors (Lipinski definition) is 1. The number of aromatic amines is 1. The number of aryl methyl sites for hydroxylation is 1. The summed E-state index contributed by atoms with van der Waals surface area (Å²) in [6.45, 7) is 1.86. The molecule has 0 aliphatic rings. The lowest BCUT2D eigenvalue weighted by Crippen LogP contribution is -1.84. The first-order chi connectivity index (χ1) is 6.25. The van der Waals surface area contributed by atoms with E-state index in [9.17, 15) is 4.39 Å². The number of aromatic nitrogens is 2. The minimum absolute atomic E-state index is 0.230. The van der Waals surface area contributed by atoms with Crippen molar-refractivity contribution in [2.45, 2.75) is 6.92 Å². The Hall–Kier alpha value is -1.64. The highest BCUT2D eigenvalue weighted by Crippen LogP contribution is 2.17. The van der Waals surface area contributed by atoms with Crippen molar-refractivity contribution in [3.8, 4) is 11.4 Å². The quantitative estimate of drug-likeness (QED) is 0.710. The van der Waals surface area contributed by atoms with E-state index >= 15 is 0 Å². The van der Waals surface area contributed by atoms with Gasteiger partial charge in [-0.1, -0.05) is 0 Å². The van der Waals surface area contributed by atoms with Crippen LogP contribution in [0.2, 0.25) is 0 Å². The second-order valence-electron chi connectivity index (χ2n) is 2.96. The number of nitrogens with zero attached hydrogens (tertiary/aromatic N) is 1. The van der Waals surface area contributed by atoms with Crippen LogP contribution in [-0.4, -0.2) is 9.97 Å². The molecule has 3 heteroatoms. The van der Waals surface area contributed by atoms with Gasteiger partial charge in [-0.3, -0.25) is 0 Å². The van der Waals surface area contributed by atoms with Gasteiger partial charge < -0.3 is 4.98 Å². The van der Waals surface area contributed by atoms with Crippen LogP contribution in [-0.2, 0) is 0 Å². The summed E-state index contributed by atoms with van der Waals surface area (Å²) < 4.78 is 13.0. The Morgan fingerprint density at radius 2 is 2.15 bits per heavy atom. The van der Waals surface area contributed by atoms with Crippen molar-refractivity contribution >= 4 is 0 Å². The van der Waals surface area contributed by atoms with Crippen LogP contribution in [0.1, 0.15) is 5.56 Å². The fraction of sp³-hybridized carbons (Fsp3) is 0.100. The molecule has 0 aliphatic carbocycles. The molecule has 1 aromatic heterocycles. The Morgan fingerprint density at radius 3 is 2.77 bits per heavy atom. The van der Waals surface area contributed by atoms with E-state index in [1.54, 1.807) is 12.4 Å². The molecule has 1 heterocycles. The maximum atomic E-state index is 13.0. The van der Waals surface area contributed by atoms with Crippen LogP contribution in [0.25, 0.3) is 11.4 Å². The molecule has 0 atom stereocenters. The number of imidazole rings is 1. The average Bonchev–Trinajstić information content (AvgIpc) is 2.53. The van der Waals surface area contributed by atoms with Crippen LogP contribution in [0.15, 0.2) is 30.6 Å². The number of halogens is 1. The smallest absolute Gasteiger partial charge is 0.137 e. The first kappa shape index (κ1) is 7.98. The zero-order chi connectivity index (χ0) is 9.26. The summed E-state index contributed by atoms with van der Waals surface area (Å²) in [7, 11) is 0. The number of hydrogen-bond donors (Lipinski definition) is 1. The van der Waals surface area contributed by atoms with E-state index in [1.807, 2.05) is 13.0 Å². The van der Waals surface area contributed by atoms with Gasteiger partial charge in [-0.2, -0.15) is 0 Å². The average molecular weight is 176 g/mol. The minimum atomic E-state index is -0.230. The minimum Gasteiger partial charge on any atom is -0.345 e. The topological polar surface area (TPSA) is 28.7 Å². The Kier molecular flexibility index (Phi) is 1.85. The van der Waals surface area contributed by atoms with Crippen LogP contribution in [0.4, 0.5) is 4.39 Å². The standard InChI is InChI=1S/C10H9FN2/c1-7-4-8(6-9(11)5-7)10-12-2-3-13-10/h2-6H,1H3,(H,12,13). The van der Waals surface area contributed by atoms with Gasteiger partial charge >= 0.3 is 0 Å². The lowest BCUT2D eigenvalue weighted by Gasteiger charge is -1.99. The fourth-order valence-corrected chi connectivity index (χ4v) is 1.30. The molecular formula is C10H9FN2. The highest BCUT2D eigenvalue weighted by Gasteiger charge is 2.01. The zero-order valence-corrected chi connectivity index (χ0v) is 7.21. The van der Waals surface area contributed by atoms with Crippen LogP contribution >= 0.6 is 0 Å². The molecule has 0 bridgehead atoms. The number of rotatable bonds is 1. The number of H-pyrrole nitrogens is 1. The van der Waals surface area contributed by atoms with Gasteiger partial charge in [0.15, 0.2) is 0 Å². The Balaban J connectivity index is 2.53. The summed E-state index contributed by atoms with van der Waals surface area (Å²) in [6, 6.07) is 4.85. The lowest BCUT2D eigenvalue weighted by molar-refractivity contribution is 0.627. The molecule has 1 aromatic carbocycles. The first-order valence-corrected chi connectivity index (χ1v) is 4.02. The van der Waals surface area contributed by atoms with E-state index < -0.39 is 0 Å². The molecule has 0 saturated carbocycles. The summed E-state index contributed by atoms with van der Waals surface area (Å²) in [5.41, 5.74) is 1.67. The molecular weight excluding hydrogens is 167 g/mol. The van der Waals surface area contributed by atoms with Gasteiger partial charge in [0, 0.05) is 18.0 Å². The van der Waals surface area contributed by atoms with Crippen molar-refractivity contribution in [1.82, 2.24) is 9.97 Å². The molecule has 0 fully saturated rings. The van der Waals surface area contributed by atoms with Gasteiger partial charge in [0.2, 0.25) is 0 Å². The van der Waals surface area contributed by atoms with Gasteiger partial charge in [0.25, 0.3) is 0 Å². The maximum absolute atomic E-state index is 13.0. The Labute approximate surface area is 75.4 Å². The summed E-state index contributed by atoms with van der Waals surface area (Å²) in [5.74, 6) is 0.467. The zero-order valence-electron chi connectivity index (χ0n) is 7.21. The molecule has 0 radical (unpaired) electrons. The summed E-state index contributed by atoms with van der Waals surface area (Å²) in [5, 5.41) is 0. The predicted octanol–water partition coefficient (Wildman–Crippen LogP) is 2.52. The Bertz CT molecular complexity index is 387. The highest BCUT2D eigenvalue weighted by molar-refractivity contribution is 5.55. The van der Waals surface area contributed by atoms with Gasteiger partial charge in [-0.15, -0.1) is 0 Å². The van der Waals surface area contributed by atoms with Crippen molar-refractivity contribution in [3.05, 3.63) is 42.0 Å². The van der Waals surface area contributed by atoms with Crippen LogP contribution in [0.5, 0.6) is 0 Å². The van der Waals surface area contributed by atoms with Crippen molar-refractivity contribution in [1.29, 1.82) is 0 Å². The fourth-order valence-electron chi connectivity index (χ4n) is 1.30. The Morgan fingerprint density at radius 1 is 1.31 bits per heavy atom. The molecule has 0 unspecified atom stereocenters. The third kappa shape index (κ3) is 1.59. The lowest BCUT2D eigenvalue weighted by atomic mass is 10.1. The highest BCUT2D eigenvalue weighted by atomic mass is 19.1. The normalized spacial score (nSPS) is 10.3. The maximum Gasteiger partial charge on any atom is 0.137 e. The monoisotopic (exact) mass is 176 g/mol. The second kappa shape index (κ2) is 3.01. The molecule has 0 spiro atoms. The summed E-state index contributed by atoms with van der Waals surface area (Å²) in [6.07, 6.45) is 3.37. The molecule has 2 rings (SSSR count). The molecule has 66 valence electrons. The van der Waals surface area contributed by atoms with Crippen molar-refractivity contribution in [2.75, 3.05) is 0 Å². The van der Waals surface area contributed by atoms with E-state index in [4.69, 9.17) is 0 Å². The second-order valence-corrected chi connectivity index (χ2v) is 2.96. The van der Waals surface area contributed by atoms with Gasteiger partial charge in [-0.05, 0) is 30.7 Å². The van der Waals surface area contributed by atoms with Gasteiger partial charge in [0.05, 0.1) is 0 Å². The molecule has 0 saturated heterocycles. The van der Waals surface area contributed by atoms with Gasteiger partial charge in [-0.25, -0.2) is 9.37 Å². The molecule has 2 nitrogen and oxygen atoms in total.